The fourth-order valence-corrected chi connectivity index (χ4v) is 6.48. The van der Waals surface area contributed by atoms with Crippen LogP contribution in [0.2, 0.25) is 0 Å². The summed E-state index contributed by atoms with van der Waals surface area (Å²) < 4.78 is 24.3. The molecule has 48 heavy (non-hydrogen) atoms. The van der Waals surface area contributed by atoms with E-state index in [9.17, 15) is 14.4 Å². The number of methoxy groups -OCH3 is 2. The van der Waals surface area contributed by atoms with Crippen molar-refractivity contribution in [3.63, 3.8) is 0 Å². The standard InChI is InChI=1S/C35H32Br4N2O7/c1-19(13-29-27(38)9-11-31(40-29)45-3)33(42)25-7-5-23(36)15-21(25)17-47-35(44)48-18-22-16-24(37)6-8-26(22)34(43)20(2)14-30-28(39)10-12-32(41-30)46-4/h5-12,15-16,19-20H,13-14,17-18H2,1-4H3. The third kappa shape index (κ3) is 9.96. The molecule has 0 saturated heterocycles. The predicted molar refractivity (Wildman–Crippen MR) is 195 cm³/mol. The Hall–Kier alpha value is -3.13. The number of benzene rings is 2. The van der Waals surface area contributed by atoms with Crippen LogP contribution in [0.5, 0.6) is 11.8 Å². The van der Waals surface area contributed by atoms with Gasteiger partial charge in [0.05, 0.1) is 25.6 Å². The molecule has 0 aliphatic heterocycles. The van der Waals surface area contributed by atoms with Gasteiger partial charge < -0.3 is 18.9 Å². The van der Waals surface area contributed by atoms with Crippen LogP contribution in [-0.4, -0.2) is 41.9 Å². The third-order valence-corrected chi connectivity index (χ3v) is 9.89. The normalized spacial score (nSPS) is 12.2. The Morgan fingerprint density at radius 1 is 0.625 bits per heavy atom. The fourth-order valence-electron chi connectivity index (χ4n) is 4.90. The van der Waals surface area contributed by atoms with Crippen LogP contribution in [0.3, 0.4) is 0 Å². The second-order valence-electron chi connectivity index (χ2n) is 10.9. The molecule has 2 heterocycles. The Kier molecular flexibility index (Phi) is 13.7. The molecule has 0 saturated carbocycles. The van der Waals surface area contributed by atoms with E-state index in [0.717, 1.165) is 17.9 Å². The number of Topliss-reactive ketones (excluding diaryl/α,β-unsaturated/α-hetero) is 2. The van der Waals surface area contributed by atoms with Crippen LogP contribution in [0.1, 0.15) is 57.1 Å². The van der Waals surface area contributed by atoms with Gasteiger partial charge in [0, 0.05) is 77.0 Å². The summed E-state index contributed by atoms with van der Waals surface area (Å²) in [5, 5.41) is 0. The minimum absolute atomic E-state index is 0.131. The molecule has 0 spiro atoms. The van der Waals surface area contributed by atoms with Crippen molar-refractivity contribution in [3.05, 3.63) is 112 Å². The summed E-state index contributed by atoms with van der Waals surface area (Å²) >= 11 is 13.9. The Labute approximate surface area is 312 Å². The number of nitrogens with zero attached hydrogens (tertiary/aromatic N) is 2. The first-order valence-corrected chi connectivity index (χ1v) is 17.9. The van der Waals surface area contributed by atoms with Gasteiger partial charge in [0.15, 0.2) is 11.6 Å². The number of hydrogen-bond acceptors (Lipinski definition) is 9. The molecule has 0 amide bonds. The topological polar surface area (TPSA) is 114 Å². The third-order valence-electron chi connectivity index (χ3n) is 7.46. The first-order chi connectivity index (χ1) is 22.9. The molecule has 9 nitrogen and oxygen atoms in total. The summed E-state index contributed by atoms with van der Waals surface area (Å²) in [4.78, 5) is 48.8. The molecule has 2 aromatic carbocycles. The van der Waals surface area contributed by atoms with Gasteiger partial charge in [-0.05, 0) is 80.4 Å². The summed E-state index contributed by atoms with van der Waals surface area (Å²) in [6.45, 7) is 3.25. The predicted octanol–water partition coefficient (Wildman–Crippen LogP) is 9.52. The molecule has 2 aromatic heterocycles. The highest BCUT2D eigenvalue weighted by Gasteiger charge is 2.24. The van der Waals surface area contributed by atoms with Crippen molar-refractivity contribution >= 4 is 81.4 Å². The Balaban J connectivity index is 1.41. The van der Waals surface area contributed by atoms with Gasteiger partial charge in [0.2, 0.25) is 11.8 Å². The summed E-state index contributed by atoms with van der Waals surface area (Å²) in [6.07, 6.45) is -0.203. The Morgan fingerprint density at radius 3 is 1.40 bits per heavy atom. The number of ketones is 2. The van der Waals surface area contributed by atoms with Gasteiger partial charge in [0.25, 0.3) is 0 Å². The van der Waals surface area contributed by atoms with E-state index in [1.165, 1.54) is 14.2 Å². The molecule has 0 bridgehead atoms. The molecular formula is C35H32Br4N2O7. The van der Waals surface area contributed by atoms with E-state index in [1.54, 1.807) is 48.5 Å². The first kappa shape index (κ1) is 37.7. The van der Waals surface area contributed by atoms with Crippen molar-refractivity contribution in [1.82, 2.24) is 9.97 Å². The molecule has 0 aliphatic carbocycles. The zero-order valence-corrected chi connectivity index (χ0v) is 32.9. The molecule has 0 N–H and O–H groups in total. The minimum atomic E-state index is -0.943. The quantitative estimate of drug-likeness (QED) is 0.0902. The molecule has 4 rings (SSSR count). The lowest BCUT2D eigenvalue weighted by atomic mass is 9.92. The van der Waals surface area contributed by atoms with Crippen molar-refractivity contribution in [2.75, 3.05) is 14.2 Å². The van der Waals surface area contributed by atoms with E-state index in [4.69, 9.17) is 18.9 Å². The van der Waals surface area contributed by atoms with Crippen molar-refractivity contribution in [3.8, 4) is 11.8 Å². The SMILES string of the molecule is COc1ccc(Br)c(CC(C)C(=O)c2ccc(Br)cc2COC(=O)OCc2cc(Br)ccc2C(=O)C(C)Cc2nc(OC)ccc2Br)n1. The van der Waals surface area contributed by atoms with Gasteiger partial charge in [-0.25, -0.2) is 14.8 Å². The second-order valence-corrected chi connectivity index (χ2v) is 14.5. The van der Waals surface area contributed by atoms with E-state index in [2.05, 4.69) is 73.7 Å². The summed E-state index contributed by atoms with van der Waals surface area (Å²) in [5.74, 6) is -0.206. The van der Waals surface area contributed by atoms with Crippen molar-refractivity contribution in [2.24, 2.45) is 11.8 Å². The summed E-state index contributed by atoms with van der Waals surface area (Å²) in [5.41, 5.74) is 3.25. The van der Waals surface area contributed by atoms with Crippen LogP contribution in [0.4, 0.5) is 4.79 Å². The Morgan fingerprint density at radius 2 is 1.02 bits per heavy atom. The average Bonchev–Trinajstić information content (AvgIpc) is 3.07. The highest BCUT2D eigenvalue weighted by molar-refractivity contribution is 9.11. The van der Waals surface area contributed by atoms with Crippen molar-refractivity contribution < 1.29 is 33.3 Å². The van der Waals surface area contributed by atoms with Gasteiger partial charge in [0.1, 0.15) is 13.2 Å². The maximum atomic E-state index is 13.5. The average molecular weight is 912 g/mol. The molecule has 252 valence electrons. The van der Waals surface area contributed by atoms with Crippen LogP contribution in [0.25, 0.3) is 0 Å². The van der Waals surface area contributed by atoms with Crippen LogP contribution in [-0.2, 0) is 35.5 Å². The van der Waals surface area contributed by atoms with E-state index in [1.807, 2.05) is 26.0 Å². The molecule has 4 aromatic rings. The molecule has 2 atom stereocenters. The first-order valence-electron chi connectivity index (χ1n) is 14.7. The van der Waals surface area contributed by atoms with E-state index >= 15 is 0 Å². The summed E-state index contributed by atoms with van der Waals surface area (Å²) in [7, 11) is 3.07. The van der Waals surface area contributed by atoms with Gasteiger partial charge in [-0.1, -0.05) is 45.7 Å². The number of pyridine rings is 2. The lowest BCUT2D eigenvalue weighted by Gasteiger charge is -2.16. The van der Waals surface area contributed by atoms with Crippen LogP contribution >= 0.6 is 63.7 Å². The van der Waals surface area contributed by atoms with Crippen LogP contribution in [0.15, 0.2) is 78.6 Å². The zero-order valence-electron chi connectivity index (χ0n) is 26.5. The zero-order chi connectivity index (χ0) is 35.0. The molecule has 0 radical (unpaired) electrons. The monoisotopic (exact) mass is 908 g/mol. The van der Waals surface area contributed by atoms with Gasteiger partial charge >= 0.3 is 6.16 Å². The van der Waals surface area contributed by atoms with Gasteiger partial charge in [-0.2, -0.15) is 0 Å². The maximum Gasteiger partial charge on any atom is 0.508 e. The number of halogens is 4. The molecule has 0 aliphatic rings. The van der Waals surface area contributed by atoms with Crippen molar-refractivity contribution in [2.45, 2.75) is 39.9 Å². The van der Waals surface area contributed by atoms with Crippen LogP contribution < -0.4 is 9.47 Å². The largest absolute Gasteiger partial charge is 0.508 e. The number of rotatable bonds is 14. The number of ether oxygens (including phenoxy) is 4. The van der Waals surface area contributed by atoms with Crippen LogP contribution in [0, 0.1) is 11.8 Å². The minimum Gasteiger partial charge on any atom is -0.481 e. The number of carbonyl (C=O) groups excluding carboxylic acids is 3. The fraction of sp³-hybridized carbons (Fsp3) is 0.286. The molecular weight excluding hydrogens is 880 g/mol. The number of aromatic nitrogens is 2. The molecule has 13 heteroatoms. The lowest BCUT2D eigenvalue weighted by molar-refractivity contribution is 0.0439. The molecule has 2 unspecified atom stereocenters. The number of hydrogen-bond donors (Lipinski definition) is 0. The molecule has 0 fully saturated rings. The summed E-state index contributed by atoms with van der Waals surface area (Å²) in [6, 6.07) is 17.5. The highest BCUT2D eigenvalue weighted by atomic mass is 79.9. The van der Waals surface area contributed by atoms with E-state index < -0.39 is 18.0 Å². The van der Waals surface area contributed by atoms with E-state index in [-0.39, 0.29) is 24.8 Å². The maximum absolute atomic E-state index is 13.5. The Bertz CT molecular complexity index is 1690. The lowest BCUT2D eigenvalue weighted by Crippen LogP contribution is -2.19. The smallest absolute Gasteiger partial charge is 0.481 e. The second kappa shape index (κ2) is 17.5. The highest BCUT2D eigenvalue weighted by Crippen LogP contribution is 2.28. The van der Waals surface area contributed by atoms with E-state index in [0.29, 0.717) is 58.2 Å². The van der Waals surface area contributed by atoms with Gasteiger partial charge in [-0.15, -0.1) is 0 Å². The van der Waals surface area contributed by atoms with Crippen molar-refractivity contribution in [1.29, 1.82) is 0 Å². The number of carbonyl (C=O) groups is 3. The van der Waals surface area contributed by atoms with Gasteiger partial charge in [-0.3, -0.25) is 9.59 Å².